The number of hydrogen-bond donors (Lipinski definition) is 3. The molecule has 0 saturated heterocycles. The summed E-state index contributed by atoms with van der Waals surface area (Å²) in [4.78, 5) is 12.8. The third-order valence-corrected chi connectivity index (χ3v) is 5.67. The molecule has 152 valence electrons. The van der Waals surface area contributed by atoms with Crippen LogP contribution in [0.4, 0.5) is 0 Å². The van der Waals surface area contributed by atoms with Crippen molar-refractivity contribution in [1.29, 1.82) is 0 Å². The molecule has 2 unspecified atom stereocenters. The van der Waals surface area contributed by atoms with Gasteiger partial charge in [-0.1, -0.05) is 45.4 Å². The number of carbonyl (C=O) groups excluding carboxylic acids is 1. The van der Waals surface area contributed by atoms with Crippen molar-refractivity contribution in [2.24, 2.45) is 23.7 Å². The van der Waals surface area contributed by atoms with Gasteiger partial charge < -0.3 is 20.3 Å². The van der Waals surface area contributed by atoms with Gasteiger partial charge in [-0.3, -0.25) is 4.79 Å². The van der Waals surface area contributed by atoms with E-state index in [1.165, 1.54) is 6.42 Å². The van der Waals surface area contributed by atoms with Gasteiger partial charge in [-0.2, -0.15) is 0 Å². The molecule has 1 aliphatic rings. The molecule has 1 aromatic carbocycles. The number of aliphatic hydroxyl groups is 2. The first kappa shape index (κ1) is 21.7. The van der Waals surface area contributed by atoms with E-state index in [0.717, 1.165) is 18.4 Å². The highest BCUT2D eigenvalue weighted by molar-refractivity contribution is 5.79. The monoisotopic (exact) mass is 377 g/mol. The highest BCUT2D eigenvalue weighted by atomic mass is 16.5. The second-order valence-electron chi connectivity index (χ2n) is 8.23. The minimum absolute atomic E-state index is 0.0515. The number of carbonyl (C=O) groups is 1. The number of nitrogens with one attached hydrogen (secondary N) is 1. The van der Waals surface area contributed by atoms with Gasteiger partial charge in [-0.05, 0) is 48.6 Å². The molecule has 2 rings (SSSR count). The van der Waals surface area contributed by atoms with Gasteiger partial charge in [-0.25, -0.2) is 0 Å². The lowest BCUT2D eigenvalue weighted by molar-refractivity contribution is -0.129. The molecule has 0 spiro atoms. The fraction of sp³-hybridized carbons (Fsp3) is 0.682. The second kappa shape index (κ2) is 10.7. The van der Waals surface area contributed by atoms with Crippen molar-refractivity contribution in [2.75, 3.05) is 19.8 Å². The van der Waals surface area contributed by atoms with Crippen molar-refractivity contribution in [3.63, 3.8) is 0 Å². The van der Waals surface area contributed by atoms with Crippen LogP contribution in [-0.4, -0.2) is 42.0 Å². The summed E-state index contributed by atoms with van der Waals surface area (Å²) in [6, 6.07) is 7.62. The number of hydrogen-bond acceptors (Lipinski definition) is 4. The molecule has 5 nitrogen and oxygen atoms in total. The third-order valence-electron chi connectivity index (χ3n) is 5.67. The lowest BCUT2D eigenvalue weighted by atomic mass is 9.70. The lowest BCUT2D eigenvalue weighted by Crippen LogP contribution is -2.40. The maximum Gasteiger partial charge on any atom is 0.223 e. The van der Waals surface area contributed by atoms with E-state index in [0.29, 0.717) is 36.5 Å². The molecule has 0 aromatic heterocycles. The molecule has 4 atom stereocenters. The summed E-state index contributed by atoms with van der Waals surface area (Å²) >= 11 is 0. The van der Waals surface area contributed by atoms with Gasteiger partial charge in [0.1, 0.15) is 18.5 Å². The maximum absolute atomic E-state index is 12.8. The van der Waals surface area contributed by atoms with Crippen molar-refractivity contribution in [3.05, 3.63) is 29.8 Å². The molecule has 1 saturated carbocycles. The quantitative estimate of drug-likeness (QED) is 0.618. The topological polar surface area (TPSA) is 78.8 Å². The Labute approximate surface area is 163 Å². The number of para-hydroxylation sites is 1. The molecule has 1 fully saturated rings. The SMILES string of the molecule is CC1CC[C@@H](C(C)C)[C@H](C(=O)NCCc2ccccc2OCC(O)CO)C1. The van der Waals surface area contributed by atoms with Crippen LogP contribution in [0.15, 0.2) is 24.3 Å². The molecular weight excluding hydrogens is 342 g/mol. The Morgan fingerprint density at radius 1 is 1.30 bits per heavy atom. The molecule has 0 aliphatic heterocycles. The summed E-state index contributed by atoms with van der Waals surface area (Å²) in [6.07, 6.45) is 3.12. The molecule has 0 bridgehead atoms. The normalized spacial score (nSPS) is 23.9. The van der Waals surface area contributed by atoms with Crippen molar-refractivity contribution in [2.45, 2.75) is 52.6 Å². The lowest BCUT2D eigenvalue weighted by Gasteiger charge is -2.36. The summed E-state index contributed by atoms with van der Waals surface area (Å²) in [5.74, 6) is 2.58. The molecule has 3 N–H and O–H groups in total. The van der Waals surface area contributed by atoms with Gasteiger partial charge in [0.15, 0.2) is 0 Å². The Kier molecular flexibility index (Phi) is 8.58. The zero-order valence-corrected chi connectivity index (χ0v) is 16.9. The smallest absolute Gasteiger partial charge is 0.223 e. The first-order valence-corrected chi connectivity index (χ1v) is 10.2. The standard InChI is InChI=1S/C22H35NO4/c1-15(2)19-9-8-16(3)12-20(19)22(26)23-11-10-17-6-4-5-7-21(17)27-14-18(25)13-24/h4-7,15-16,18-20,24-25H,8-14H2,1-3H3,(H,23,26)/t16?,18?,19-,20+/m0/s1. The van der Waals surface area contributed by atoms with Crippen molar-refractivity contribution in [3.8, 4) is 5.75 Å². The summed E-state index contributed by atoms with van der Waals surface area (Å²) in [7, 11) is 0. The Morgan fingerprint density at radius 3 is 2.74 bits per heavy atom. The zero-order valence-electron chi connectivity index (χ0n) is 16.9. The van der Waals surface area contributed by atoms with Crippen LogP contribution in [-0.2, 0) is 11.2 Å². The number of ether oxygens (including phenoxy) is 1. The largest absolute Gasteiger partial charge is 0.491 e. The average molecular weight is 378 g/mol. The minimum atomic E-state index is -0.890. The average Bonchev–Trinajstić information content (AvgIpc) is 2.66. The van der Waals surface area contributed by atoms with E-state index in [4.69, 9.17) is 9.84 Å². The molecule has 27 heavy (non-hydrogen) atoms. The maximum atomic E-state index is 12.8. The van der Waals surface area contributed by atoms with Crippen LogP contribution in [0.5, 0.6) is 5.75 Å². The predicted octanol–water partition coefficient (Wildman–Crippen LogP) is 2.79. The molecular formula is C22H35NO4. The summed E-state index contributed by atoms with van der Waals surface area (Å²) in [5.41, 5.74) is 0.986. The molecule has 1 aromatic rings. The Hall–Kier alpha value is -1.59. The van der Waals surface area contributed by atoms with Gasteiger partial charge in [0.05, 0.1) is 6.61 Å². The van der Waals surface area contributed by atoms with Crippen LogP contribution in [0.3, 0.4) is 0 Å². The Balaban J connectivity index is 1.89. The second-order valence-corrected chi connectivity index (χ2v) is 8.23. The van der Waals surface area contributed by atoms with E-state index in [1.54, 1.807) is 0 Å². The summed E-state index contributed by atoms with van der Waals surface area (Å²) in [6.45, 7) is 6.97. The molecule has 1 amide bonds. The molecule has 1 aliphatic carbocycles. The van der Waals surface area contributed by atoms with Gasteiger partial charge in [0, 0.05) is 12.5 Å². The summed E-state index contributed by atoms with van der Waals surface area (Å²) < 4.78 is 5.60. The van der Waals surface area contributed by atoms with Crippen LogP contribution in [0.1, 0.15) is 45.6 Å². The van der Waals surface area contributed by atoms with Crippen molar-refractivity contribution >= 4 is 5.91 Å². The number of amides is 1. The van der Waals surface area contributed by atoms with E-state index < -0.39 is 6.10 Å². The van der Waals surface area contributed by atoms with Gasteiger partial charge in [0.25, 0.3) is 0 Å². The van der Waals surface area contributed by atoms with Crippen LogP contribution in [0, 0.1) is 23.7 Å². The Bertz CT molecular complexity index is 589. The summed E-state index contributed by atoms with van der Waals surface area (Å²) in [5, 5.41) is 21.5. The number of rotatable bonds is 9. The van der Waals surface area contributed by atoms with Gasteiger partial charge in [-0.15, -0.1) is 0 Å². The van der Waals surface area contributed by atoms with E-state index in [2.05, 4.69) is 26.1 Å². The van der Waals surface area contributed by atoms with E-state index in [-0.39, 0.29) is 25.0 Å². The van der Waals surface area contributed by atoms with Gasteiger partial charge >= 0.3 is 0 Å². The zero-order chi connectivity index (χ0) is 19.8. The highest BCUT2D eigenvalue weighted by Crippen LogP contribution is 2.38. The van der Waals surface area contributed by atoms with Crippen molar-refractivity contribution < 1.29 is 19.7 Å². The van der Waals surface area contributed by atoms with E-state index >= 15 is 0 Å². The first-order chi connectivity index (χ1) is 12.9. The molecule has 0 radical (unpaired) electrons. The minimum Gasteiger partial charge on any atom is -0.491 e. The fourth-order valence-electron chi connectivity index (χ4n) is 4.05. The van der Waals surface area contributed by atoms with E-state index in [1.807, 2.05) is 24.3 Å². The van der Waals surface area contributed by atoms with Crippen molar-refractivity contribution in [1.82, 2.24) is 5.32 Å². The van der Waals surface area contributed by atoms with E-state index in [9.17, 15) is 9.90 Å². The predicted molar refractivity (Wildman–Crippen MR) is 107 cm³/mol. The fourth-order valence-corrected chi connectivity index (χ4v) is 4.05. The molecule has 0 heterocycles. The number of benzene rings is 1. The van der Waals surface area contributed by atoms with Crippen LogP contribution in [0.25, 0.3) is 0 Å². The Morgan fingerprint density at radius 2 is 2.04 bits per heavy atom. The van der Waals surface area contributed by atoms with Crippen LogP contribution in [0.2, 0.25) is 0 Å². The van der Waals surface area contributed by atoms with Gasteiger partial charge in [0.2, 0.25) is 5.91 Å². The first-order valence-electron chi connectivity index (χ1n) is 10.2. The van der Waals surface area contributed by atoms with Crippen LogP contribution >= 0.6 is 0 Å². The third kappa shape index (κ3) is 6.51. The number of aliphatic hydroxyl groups excluding tert-OH is 2. The molecule has 5 heteroatoms. The van der Waals surface area contributed by atoms with Crippen LogP contribution < -0.4 is 10.1 Å². The highest BCUT2D eigenvalue weighted by Gasteiger charge is 2.35.